The van der Waals surface area contributed by atoms with E-state index in [4.69, 9.17) is 4.74 Å². The summed E-state index contributed by atoms with van der Waals surface area (Å²) in [6.07, 6.45) is 8.52. The van der Waals surface area contributed by atoms with E-state index in [1.54, 1.807) is 19.0 Å². The Labute approximate surface area is 111 Å². The minimum absolute atomic E-state index is 0.204. The van der Waals surface area contributed by atoms with E-state index in [0.29, 0.717) is 12.5 Å². The highest BCUT2D eigenvalue weighted by molar-refractivity contribution is 5.75. The molecule has 0 bridgehead atoms. The molecule has 0 aromatic carbocycles. The Kier molecular flexibility index (Phi) is 8.01. The van der Waals surface area contributed by atoms with Gasteiger partial charge in [-0.1, -0.05) is 19.3 Å². The van der Waals surface area contributed by atoms with Gasteiger partial charge < -0.3 is 15.0 Å². The fraction of sp³-hybridized carbons (Fsp3) is 0.929. The molecule has 0 aromatic rings. The fourth-order valence-corrected chi connectivity index (χ4v) is 2.24. The van der Waals surface area contributed by atoms with E-state index in [1.807, 2.05) is 0 Å². The summed E-state index contributed by atoms with van der Waals surface area (Å²) >= 11 is 0. The molecule has 106 valence electrons. The Bertz CT molecular complexity index is 226. The first kappa shape index (κ1) is 15.4. The van der Waals surface area contributed by atoms with Crippen molar-refractivity contribution in [2.45, 2.75) is 51.0 Å². The molecule has 18 heavy (non-hydrogen) atoms. The molecule has 1 aliphatic rings. The first-order valence-electron chi connectivity index (χ1n) is 7.22. The molecule has 1 fully saturated rings. The van der Waals surface area contributed by atoms with E-state index in [0.717, 1.165) is 26.1 Å². The Hall–Kier alpha value is -0.610. The number of nitrogens with one attached hydrogen (secondary N) is 1. The second kappa shape index (κ2) is 9.34. The highest BCUT2D eigenvalue weighted by Gasteiger charge is 2.12. The molecule has 0 aromatic heterocycles. The minimum Gasteiger partial charge on any atom is -0.377 e. The minimum atomic E-state index is 0.204. The van der Waals surface area contributed by atoms with Gasteiger partial charge in [-0.3, -0.25) is 4.79 Å². The van der Waals surface area contributed by atoms with E-state index >= 15 is 0 Å². The smallest absolute Gasteiger partial charge is 0.222 e. The van der Waals surface area contributed by atoms with E-state index in [1.165, 1.54) is 32.1 Å². The summed E-state index contributed by atoms with van der Waals surface area (Å²) in [7, 11) is 3.60. The Balaban J connectivity index is 1.85. The van der Waals surface area contributed by atoms with Gasteiger partial charge in [0.2, 0.25) is 5.91 Å². The van der Waals surface area contributed by atoms with Crippen molar-refractivity contribution in [1.29, 1.82) is 0 Å². The van der Waals surface area contributed by atoms with Crippen LogP contribution in [0.2, 0.25) is 0 Å². The predicted molar refractivity (Wildman–Crippen MR) is 73.6 cm³/mol. The van der Waals surface area contributed by atoms with E-state index in [-0.39, 0.29) is 5.91 Å². The van der Waals surface area contributed by atoms with Crippen molar-refractivity contribution in [3.8, 4) is 0 Å². The third kappa shape index (κ3) is 6.97. The van der Waals surface area contributed by atoms with Crippen LogP contribution in [0.3, 0.4) is 0 Å². The van der Waals surface area contributed by atoms with Crippen LogP contribution in [0, 0.1) is 0 Å². The molecule has 0 unspecified atom stereocenters. The summed E-state index contributed by atoms with van der Waals surface area (Å²) in [4.78, 5) is 13.0. The summed E-state index contributed by atoms with van der Waals surface area (Å²) in [5, 5.41) is 3.32. The number of carbonyl (C=O) groups is 1. The van der Waals surface area contributed by atoms with Crippen molar-refractivity contribution in [2.24, 2.45) is 0 Å². The Morgan fingerprint density at radius 1 is 1.22 bits per heavy atom. The van der Waals surface area contributed by atoms with Crippen LogP contribution in [0.5, 0.6) is 0 Å². The van der Waals surface area contributed by atoms with Crippen LogP contribution in [0.1, 0.15) is 44.9 Å². The van der Waals surface area contributed by atoms with Gasteiger partial charge in [0.05, 0.1) is 12.7 Å². The summed E-state index contributed by atoms with van der Waals surface area (Å²) in [5.74, 6) is 0.204. The average Bonchev–Trinajstić information content (AvgIpc) is 2.38. The van der Waals surface area contributed by atoms with Crippen molar-refractivity contribution in [1.82, 2.24) is 10.2 Å². The molecule has 0 spiro atoms. The fourth-order valence-electron chi connectivity index (χ4n) is 2.24. The monoisotopic (exact) mass is 256 g/mol. The lowest BCUT2D eigenvalue weighted by atomic mass is 9.98. The van der Waals surface area contributed by atoms with Crippen LogP contribution in [0.4, 0.5) is 0 Å². The number of rotatable bonds is 8. The lowest BCUT2D eigenvalue weighted by Gasteiger charge is -2.22. The Morgan fingerprint density at radius 3 is 2.61 bits per heavy atom. The molecule has 0 atom stereocenters. The highest BCUT2D eigenvalue weighted by atomic mass is 16.5. The van der Waals surface area contributed by atoms with E-state index < -0.39 is 0 Å². The molecule has 1 N–H and O–H groups in total. The number of nitrogens with zero attached hydrogens (tertiary/aromatic N) is 1. The molecule has 1 amide bonds. The van der Waals surface area contributed by atoms with Crippen LogP contribution < -0.4 is 5.32 Å². The van der Waals surface area contributed by atoms with Gasteiger partial charge in [0, 0.05) is 27.1 Å². The molecule has 0 heterocycles. The van der Waals surface area contributed by atoms with Gasteiger partial charge >= 0.3 is 0 Å². The summed E-state index contributed by atoms with van der Waals surface area (Å²) < 4.78 is 5.81. The second-order valence-corrected chi connectivity index (χ2v) is 5.27. The molecule has 4 nitrogen and oxygen atoms in total. The number of amides is 1. The van der Waals surface area contributed by atoms with Gasteiger partial charge in [-0.2, -0.15) is 0 Å². The summed E-state index contributed by atoms with van der Waals surface area (Å²) in [6, 6.07) is 0. The maximum absolute atomic E-state index is 11.3. The summed E-state index contributed by atoms with van der Waals surface area (Å²) in [5.41, 5.74) is 0. The molecule has 0 saturated heterocycles. The molecule has 1 aliphatic carbocycles. The van der Waals surface area contributed by atoms with E-state index in [9.17, 15) is 4.79 Å². The van der Waals surface area contributed by atoms with Crippen LogP contribution in [-0.4, -0.2) is 50.7 Å². The molecule has 0 radical (unpaired) electrons. The van der Waals surface area contributed by atoms with Gasteiger partial charge in [-0.15, -0.1) is 0 Å². The largest absolute Gasteiger partial charge is 0.377 e. The van der Waals surface area contributed by atoms with Crippen LogP contribution in [0.25, 0.3) is 0 Å². The van der Waals surface area contributed by atoms with Crippen molar-refractivity contribution in [2.75, 3.05) is 33.8 Å². The van der Waals surface area contributed by atoms with Gasteiger partial charge in [-0.05, 0) is 25.8 Å². The van der Waals surface area contributed by atoms with Gasteiger partial charge in [-0.25, -0.2) is 0 Å². The topological polar surface area (TPSA) is 41.6 Å². The zero-order valence-corrected chi connectivity index (χ0v) is 11.9. The molecule has 1 saturated carbocycles. The normalized spacial score (nSPS) is 16.8. The number of ether oxygens (including phenoxy) is 1. The van der Waals surface area contributed by atoms with Gasteiger partial charge in [0.1, 0.15) is 0 Å². The third-order valence-corrected chi connectivity index (χ3v) is 3.43. The Morgan fingerprint density at radius 2 is 1.94 bits per heavy atom. The average molecular weight is 256 g/mol. The second-order valence-electron chi connectivity index (χ2n) is 5.27. The number of carbonyl (C=O) groups excluding carboxylic acids is 1. The lowest BCUT2D eigenvalue weighted by Crippen LogP contribution is -2.26. The first-order chi connectivity index (χ1) is 8.70. The van der Waals surface area contributed by atoms with Crippen LogP contribution in [-0.2, 0) is 9.53 Å². The van der Waals surface area contributed by atoms with Gasteiger partial charge in [0.15, 0.2) is 0 Å². The van der Waals surface area contributed by atoms with Crippen molar-refractivity contribution >= 4 is 5.91 Å². The van der Waals surface area contributed by atoms with Crippen molar-refractivity contribution < 1.29 is 9.53 Å². The molecule has 4 heteroatoms. The van der Waals surface area contributed by atoms with Crippen molar-refractivity contribution in [3.05, 3.63) is 0 Å². The zero-order valence-electron chi connectivity index (χ0n) is 11.9. The SMILES string of the molecule is CN(C)C(=O)CCCNCCOC1CCCCC1. The third-order valence-electron chi connectivity index (χ3n) is 3.43. The molecular weight excluding hydrogens is 228 g/mol. The van der Waals surface area contributed by atoms with Crippen LogP contribution >= 0.6 is 0 Å². The predicted octanol–water partition coefficient (Wildman–Crippen LogP) is 1.79. The number of hydrogen-bond donors (Lipinski definition) is 1. The number of hydrogen-bond acceptors (Lipinski definition) is 3. The van der Waals surface area contributed by atoms with Crippen molar-refractivity contribution in [3.63, 3.8) is 0 Å². The molecule has 0 aliphatic heterocycles. The summed E-state index contributed by atoms with van der Waals surface area (Å²) in [6.45, 7) is 2.59. The lowest BCUT2D eigenvalue weighted by molar-refractivity contribution is -0.128. The highest BCUT2D eigenvalue weighted by Crippen LogP contribution is 2.19. The van der Waals surface area contributed by atoms with Crippen LogP contribution in [0.15, 0.2) is 0 Å². The molecular formula is C14H28N2O2. The maximum atomic E-state index is 11.3. The standard InChI is InChI=1S/C14H28N2O2/c1-16(2)14(17)9-6-10-15-11-12-18-13-7-4-3-5-8-13/h13,15H,3-12H2,1-2H3. The first-order valence-corrected chi connectivity index (χ1v) is 7.22. The van der Waals surface area contributed by atoms with E-state index in [2.05, 4.69) is 5.32 Å². The van der Waals surface area contributed by atoms with Gasteiger partial charge in [0.25, 0.3) is 0 Å². The zero-order chi connectivity index (χ0) is 13.2. The maximum Gasteiger partial charge on any atom is 0.222 e. The quantitative estimate of drug-likeness (QED) is 0.673. The molecule has 1 rings (SSSR count).